The normalized spacial score (nSPS) is 14.0. The minimum atomic E-state index is -1.08. The highest BCUT2D eigenvalue weighted by molar-refractivity contribution is 5.95. The fourth-order valence-corrected chi connectivity index (χ4v) is 5.26. The molecule has 0 radical (unpaired) electrons. The summed E-state index contributed by atoms with van der Waals surface area (Å²) in [5, 5.41) is 0. The molecule has 0 saturated carbocycles. The SMILES string of the molecule is CCN(CC)c1ccc(C2(c3ccc(N(CC)CC)cc3C)OC(=O)c3cccnc32)c(C)c1. The first-order valence-electron chi connectivity index (χ1n) is 12.3. The second kappa shape index (κ2) is 9.49. The third-order valence-corrected chi connectivity index (χ3v) is 7.04. The predicted octanol–water partition coefficient (Wildman–Crippen LogP) is 5.85. The zero-order valence-corrected chi connectivity index (χ0v) is 21.2. The Hall–Kier alpha value is -3.34. The van der Waals surface area contributed by atoms with Gasteiger partial charge in [0.25, 0.3) is 0 Å². The zero-order chi connectivity index (χ0) is 24.5. The van der Waals surface area contributed by atoms with E-state index in [0.717, 1.165) is 48.4 Å². The average molecular weight is 458 g/mol. The van der Waals surface area contributed by atoms with Crippen LogP contribution in [0.3, 0.4) is 0 Å². The lowest BCUT2D eigenvalue weighted by molar-refractivity contribution is 0.0240. The van der Waals surface area contributed by atoms with Gasteiger partial charge >= 0.3 is 5.97 Å². The number of cyclic esters (lactones) is 1. The Balaban J connectivity index is 1.96. The van der Waals surface area contributed by atoms with E-state index in [-0.39, 0.29) is 5.97 Å². The molecule has 0 amide bonds. The van der Waals surface area contributed by atoms with E-state index < -0.39 is 5.60 Å². The maximum absolute atomic E-state index is 13.1. The molecule has 0 bridgehead atoms. The van der Waals surface area contributed by atoms with Crippen molar-refractivity contribution in [3.8, 4) is 0 Å². The molecule has 34 heavy (non-hydrogen) atoms. The van der Waals surface area contributed by atoms with E-state index in [2.05, 4.69) is 87.7 Å². The Labute approximate surface area is 203 Å². The first-order chi connectivity index (χ1) is 16.4. The van der Waals surface area contributed by atoms with Crippen LogP contribution in [0.4, 0.5) is 11.4 Å². The van der Waals surface area contributed by atoms with E-state index in [1.165, 1.54) is 11.4 Å². The Morgan fingerprint density at radius 1 is 0.794 bits per heavy atom. The third-order valence-electron chi connectivity index (χ3n) is 7.04. The quantitative estimate of drug-likeness (QED) is 0.397. The van der Waals surface area contributed by atoms with E-state index in [1.54, 1.807) is 12.3 Å². The van der Waals surface area contributed by atoms with Crippen molar-refractivity contribution in [3.63, 3.8) is 0 Å². The summed E-state index contributed by atoms with van der Waals surface area (Å²) >= 11 is 0. The fraction of sp³-hybridized carbons (Fsp3) is 0.379. The summed E-state index contributed by atoms with van der Waals surface area (Å²) in [7, 11) is 0. The molecular weight excluding hydrogens is 422 g/mol. The minimum absolute atomic E-state index is 0.331. The van der Waals surface area contributed by atoms with E-state index in [0.29, 0.717) is 11.3 Å². The molecule has 5 heteroatoms. The number of anilines is 2. The number of benzene rings is 2. The minimum Gasteiger partial charge on any atom is -0.439 e. The molecular formula is C29H35N3O2. The summed E-state index contributed by atoms with van der Waals surface area (Å²) in [4.78, 5) is 22.5. The van der Waals surface area contributed by atoms with Gasteiger partial charge in [0.2, 0.25) is 5.60 Å². The van der Waals surface area contributed by atoms with Crippen LogP contribution in [-0.4, -0.2) is 37.1 Å². The number of rotatable bonds is 8. The van der Waals surface area contributed by atoms with Crippen LogP contribution >= 0.6 is 0 Å². The van der Waals surface area contributed by atoms with Crippen LogP contribution < -0.4 is 9.80 Å². The van der Waals surface area contributed by atoms with Crippen LogP contribution in [0.15, 0.2) is 54.7 Å². The van der Waals surface area contributed by atoms with Gasteiger partial charge in [-0.3, -0.25) is 4.98 Å². The van der Waals surface area contributed by atoms with E-state index >= 15 is 0 Å². The monoisotopic (exact) mass is 457 g/mol. The first kappa shape index (κ1) is 23.8. The van der Waals surface area contributed by atoms with Gasteiger partial charge in [0.05, 0.1) is 5.56 Å². The number of hydrogen-bond donors (Lipinski definition) is 0. The van der Waals surface area contributed by atoms with Crippen molar-refractivity contribution in [2.45, 2.75) is 47.1 Å². The number of nitrogens with zero attached hydrogens (tertiary/aromatic N) is 3. The summed E-state index contributed by atoms with van der Waals surface area (Å²) in [6.07, 6.45) is 1.74. The van der Waals surface area contributed by atoms with Gasteiger partial charge in [0.1, 0.15) is 5.69 Å². The zero-order valence-electron chi connectivity index (χ0n) is 21.2. The van der Waals surface area contributed by atoms with Gasteiger partial charge in [-0.1, -0.05) is 12.1 Å². The number of fused-ring (bicyclic) bond motifs is 1. The van der Waals surface area contributed by atoms with Crippen molar-refractivity contribution in [2.24, 2.45) is 0 Å². The fourth-order valence-electron chi connectivity index (χ4n) is 5.26. The van der Waals surface area contributed by atoms with Gasteiger partial charge in [0.15, 0.2) is 0 Å². The van der Waals surface area contributed by atoms with Crippen molar-refractivity contribution in [3.05, 3.63) is 88.2 Å². The van der Waals surface area contributed by atoms with Gasteiger partial charge in [0, 0.05) is 54.9 Å². The van der Waals surface area contributed by atoms with Crippen molar-refractivity contribution in [1.82, 2.24) is 4.98 Å². The number of ether oxygens (including phenoxy) is 1. The van der Waals surface area contributed by atoms with Crippen molar-refractivity contribution >= 4 is 17.3 Å². The molecule has 0 N–H and O–H groups in total. The molecule has 0 spiro atoms. The molecule has 0 atom stereocenters. The van der Waals surface area contributed by atoms with Gasteiger partial charge in [-0.25, -0.2) is 4.79 Å². The Morgan fingerprint density at radius 3 is 1.74 bits per heavy atom. The molecule has 0 saturated heterocycles. The molecule has 4 rings (SSSR count). The predicted molar refractivity (Wildman–Crippen MR) is 139 cm³/mol. The smallest absolute Gasteiger partial charge is 0.341 e. The molecule has 1 aromatic heterocycles. The average Bonchev–Trinajstić information content (AvgIpc) is 3.14. The molecule has 178 valence electrons. The Bertz CT molecular complexity index is 1130. The van der Waals surface area contributed by atoms with Crippen molar-refractivity contribution in [1.29, 1.82) is 0 Å². The van der Waals surface area contributed by atoms with Crippen LogP contribution in [-0.2, 0) is 10.3 Å². The van der Waals surface area contributed by atoms with Crippen molar-refractivity contribution < 1.29 is 9.53 Å². The van der Waals surface area contributed by atoms with E-state index in [4.69, 9.17) is 9.72 Å². The molecule has 2 heterocycles. The number of pyridine rings is 1. The Kier molecular flexibility index (Phi) is 6.65. The maximum atomic E-state index is 13.1. The molecule has 0 unspecified atom stereocenters. The lowest BCUT2D eigenvalue weighted by atomic mass is 9.78. The summed E-state index contributed by atoms with van der Waals surface area (Å²) in [5.41, 5.74) is 6.50. The second-order valence-corrected chi connectivity index (χ2v) is 8.81. The van der Waals surface area contributed by atoms with Crippen LogP contribution in [0.1, 0.15) is 66.0 Å². The molecule has 1 aliphatic rings. The second-order valence-electron chi connectivity index (χ2n) is 8.81. The molecule has 0 fully saturated rings. The molecule has 3 aromatic rings. The number of carbonyl (C=O) groups excluding carboxylic acids is 1. The summed E-state index contributed by atoms with van der Waals surface area (Å²) in [6.45, 7) is 16.6. The van der Waals surface area contributed by atoms with Crippen molar-refractivity contribution in [2.75, 3.05) is 36.0 Å². The highest BCUT2D eigenvalue weighted by Crippen LogP contribution is 2.48. The van der Waals surface area contributed by atoms with Crippen LogP contribution in [0.5, 0.6) is 0 Å². The Morgan fingerprint density at radius 2 is 1.29 bits per heavy atom. The van der Waals surface area contributed by atoms with Gasteiger partial charge in [-0.05, 0) is 89.1 Å². The number of aromatic nitrogens is 1. The number of carbonyl (C=O) groups is 1. The van der Waals surface area contributed by atoms with E-state index in [1.807, 2.05) is 6.07 Å². The largest absolute Gasteiger partial charge is 0.439 e. The number of esters is 1. The molecule has 1 aliphatic heterocycles. The van der Waals surface area contributed by atoms with Crippen LogP contribution in [0, 0.1) is 13.8 Å². The van der Waals surface area contributed by atoms with Crippen LogP contribution in [0.2, 0.25) is 0 Å². The topological polar surface area (TPSA) is 45.7 Å². The lowest BCUT2D eigenvalue weighted by Gasteiger charge is -2.33. The maximum Gasteiger partial charge on any atom is 0.341 e. The standard InChI is InChI=1S/C29H35N3O2/c1-7-31(8-2)22-13-15-25(20(5)18-22)29(27-24(28(33)34-29)12-11-17-30-27)26-16-14-23(19-21(26)6)32(9-3)10-4/h11-19H,7-10H2,1-6H3. The number of hydrogen-bond acceptors (Lipinski definition) is 5. The summed E-state index contributed by atoms with van der Waals surface area (Å²) < 4.78 is 6.33. The lowest BCUT2D eigenvalue weighted by Crippen LogP contribution is -2.33. The van der Waals surface area contributed by atoms with Gasteiger partial charge < -0.3 is 14.5 Å². The molecule has 0 aliphatic carbocycles. The third kappa shape index (κ3) is 3.73. The van der Waals surface area contributed by atoms with Gasteiger partial charge in [-0.2, -0.15) is 0 Å². The summed E-state index contributed by atoms with van der Waals surface area (Å²) in [6, 6.07) is 16.5. The van der Waals surface area contributed by atoms with Crippen LogP contribution in [0.25, 0.3) is 0 Å². The molecule has 2 aromatic carbocycles. The highest BCUT2D eigenvalue weighted by atomic mass is 16.6. The number of aryl methyl sites for hydroxylation is 2. The van der Waals surface area contributed by atoms with Gasteiger partial charge in [-0.15, -0.1) is 0 Å². The van der Waals surface area contributed by atoms with E-state index in [9.17, 15) is 4.79 Å². The molecule has 5 nitrogen and oxygen atoms in total. The summed E-state index contributed by atoms with van der Waals surface area (Å²) in [5.74, 6) is -0.331. The highest BCUT2D eigenvalue weighted by Gasteiger charge is 2.51. The first-order valence-corrected chi connectivity index (χ1v) is 12.3.